The summed E-state index contributed by atoms with van der Waals surface area (Å²) in [5, 5.41) is 0. The number of rotatable bonds is 1. The van der Waals surface area contributed by atoms with Gasteiger partial charge in [0.25, 0.3) is 0 Å². The van der Waals surface area contributed by atoms with Gasteiger partial charge in [0.05, 0.1) is 0 Å². The zero-order valence-electron chi connectivity index (χ0n) is 5.86. The van der Waals surface area contributed by atoms with Crippen molar-refractivity contribution in [1.82, 2.24) is 2.51 Å². The van der Waals surface area contributed by atoms with Crippen LogP contribution in [0.1, 0.15) is 11.4 Å². The zero-order valence-corrected chi connectivity index (χ0v) is 9.83. The molecule has 55 valence electrons. The predicted molar refractivity (Wildman–Crippen MR) is 41.0 cm³/mol. The van der Waals surface area contributed by atoms with Gasteiger partial charge in [0.15, 0.2) is 0 Å². The molecule has 0 atom stereocenters. The summed E-state index contributed by atoms with van der Waals surface area (Å²) >= 11 is -2.21. The number of aryl methyl sites for hydroxylation is 2. The SMILES string of the molecule is Cc1ccc(C)[n]1[Zr]([Cl])[Cl]. The third kappa shape index (κ3) is 1.67. The predicted octanol–water partition coefficient (Wildman–Crippen LogP) is 2.79. The number of aromatic nitrogens is 1. The van der Waals surface area contributed by atoms with Crippen LogP contribution in [0.4, 0.5) is 0 Å². The molecule has 0 saturated carbocycles. The first kappa shape index (κ1) is 8.84. The molecule has 0 aromatic carbocycles. The van der Waals surface area contributed by atoms with E-state index in [1.54, 1.807) is 0 Å². The van der Waals surface area contributed by atoms with E-state index in [9.17, 15) is 0 Å². The maximum atomic E-state index is 5.88. The normalized spacial score (nSPS) is 10.0. The average molecular weight is 256 g/mol. The first-order valence-electron chi connectivity index (χ1n) is 2.96. The third-order valence-electron chi connectivity index (χ3n) is 1.44. The van der Waals surface area contributed by atoms with Gasteiger partial charge in [-0.3, -0.25) is 0 Å². The minimum atomic E-state index is -2.21. The molecular weight excluding hydrogens is 248 g/mol. The Kier molecular flexibility index (Phi) is 3.03. The van der Waals surface area contributed by atoms with Gasteiger partial charge in [0.2, 0.25) is 0 Å². The molecule has 0 fully saturated rings. The zero-order chi connectivity index (χ0) is 7.72. The molecule has 4 heteroatoms. The molecule has 0 aliphatic heterocycles. The molecule has 0 unspecified atom stereocenters. The van der Waals surface area contributed by atoms with Gasteiger partial charge in [0.1, 0.15) is 0 Å². The summed E-state index contributed by atoms with van der Waals surface area (Å²) in [5.74, 6) is 0. The summed E-state index contributed by atoms with van der Waals surface area (Å²) in [7, 11) is 11.8. The molecule has 1 aromatic heterocycles. The van der Waals surface area contributed by atoms with Gasteiger partial charge < -0.3 is 0 Å². The van der Waals surface area contributed by atoms with Crippen LogP contribution >= 0.6 is 17.0 Å². The Labute approximate surface area is 76.1 Å². The molecule has 0 N–H and O–H groups in total. The summed E-state index contributed by atoms with van der Waals surface area (Å²) < 4.78 is 2.06. The van der Waals surface area contributed by atoms with Crippen molar-refractivity contribution in [2.24, 2.45) is 0 Å². The van der Waals surface area contributed by atoms with E-state index in [1.807, 2.05) is 26.0 Å². The van der Waals surface area contributed by atoms with E-state index in [0.717, 1.165) is 0 Å². The van der Waals surface area contributed by atoms with Crippen LogP contribution in [0.2, 0.25) is 0 Å². The van der Waals surface area contributed by atoms with Gasteiger partial charge in [0, 0.05) is 0 Å². The van der Waals surface area contributed by atoms with E-state index in [0.29, 0.717) is 0 Å². The molecule has 0 bridgehead atoms. The average Bonchev–Trinajstić information content (AvgIpc) is 2.11. The van der Waals surface area contributed by atoms with Gasteiger partial charge in [-0.05, 0) is 0 Å². The summed E-state index contributed by atoms with van der Waals surface area (Å²) in [6.07, 6.45) is 0. The molecule has 0 spiro atoms. The van der Waals surface area contributed by atoms with Crippen molar-refractivity contribution in [3.8, 4) is 0 Å². The fourth-order valence-electron chi connectivity index (χ4n) is 0.935. The van der Waals surface area contributed by atoms with Crippen LogP contribution in [0.25, 0.3) is 0 Å². The van der Waals surface area contributed by atoms with Gasteiger partial charge in [-0.2, -0.15) is 0 Å². The summed E-state index contributed by atoms with van der Waals surface area (Å²) in [6, 6.07) is 4.08. The molecular formula is C6H8Cl2NZr. The monoisotopic (exact) mass is 254 g/mol. The van der Waals surface area contributed by atoms with Crippen LogP contribution < -0.4 is 0 Å². The van der Waals surface area contributed by atoms with Crippen molar-refractivity contribution in [2.75, 3.05) is 0 Å². The minimum absolute atomic E-state index is 1.18. The van der Waals surface area contributed by atoms with Gasteiger partial charge >= 0.3 is 76.6 Å². The molecule has 0 saturated heterocycles. The quantitative estimate of drug-likeness (QED) is 0.728. The standard InChI is InChI=1S/C6H8N.2ClH.Zr/c1-5-3-4-6(2)7-5;;;/h3-4H,1-2H3;2*1H;/q-1;;;+3/p-2. The van der Waals surface area contributed by atoms with Crippen molar-refractivity contribution in [2.45, 2.75) is 13.8 Å². The fraction of sp³-hybridized carbons (Fsp3) is 0.333. The second-order valence-corrected chi connectivity index (χ2v) is 9.85. The number of halogens is 2. The molecule has 1 heterocycles. The van der Waals surface area contributed by atoms with Crippen LogP contribution in [-0.4, -0.2) is 2.51 Å². The molecule has 10 heavy (non-hydrogen) atoms. The van der Waals surface area contributed by atoms with E-state index < -0.39 is 19.7 Å². The van der Waals surface area contributed by atoms with Crippen molar-refractivity contribution in [3.05, 3.63) is 23.5 Å². The Morgan fingerprint density at radius 1 is 1.20 bits per heavy atom. The molecule has 0 radical (unpaired) electrons. The second kappa shape index (κ2) is 3.43. The van der Waals surface area contributed by atoms with Crippen molar-refractivity contribution < 1.29 is 19.7 Å². The van der Waals surface area contributed by atoms with Gasteiger partial charge in [-0.15, -0.1) is 0 Å². The van der Waals surface area contributed by atoms with Crippen LogP contribution in [0.15, 0.2) is 12.1 Å². The molecule has 0 aliphatic rings. The summed E-state index contributed by atoms with van der Waals surface area (Å²) in [5.41, 5.74) is 2.36. The van der Waals surface area contributed by atoms with Crippen LogP contribution in [0.3, 0.4) is 0 Å². The number of nitrogens with zero attached hydrogens (tertiary/aromatic N) is 1. The molecule has 1 aromatic rings. The van der Waals surface area contributed by atoms with Crippen molar-refractivity contribution in [3.63, 3.8) is 0 Å². The Morgan fingerprint density at radius 2 is 1.60 bits per heavy atom. The van der Waals surface area contributed by atoms with E-state index in [4.69, 9.17) is 17.0 Å². The Balaban J connectivity index is 3.10. The van der Waals surface area contributed by atoms with Crippen LogP contribution in [-0.2, 0) is 19.7 Å². The Bertz CT molecular complexity index is 212. The van der Waals surface area contributed by atoms with Gasteiger partial charge in [-0.25, -0.2) is 0 Å². The van der Waals surface area contributed by atoms with E-state index >= 15 is 0 Å². The third-order valence-corrected chi connectivity index (χ3v) is 6.01. The number of hydrogen-bond donors (Lipinski definition) is 0. The van der Waals surface area contributed by atoms with E-state index in [-0.39, 0.29) is 0 Å². The van der Waals surface area contributed by atoms with Crippen molar-refractivity contribution >= 4 is 17.0 Å². The molecule has 0 amide bonds. The van der Waals surface area contributed by atoms with Crippen molar-refractivity contribution in [1.29, 1.82) is 0 Å². The van der Waals surface area contributed by atoms with E-state index in [2.05, 4.69) is 2.51 Å². The molecule has 1 rings (SSSR count). The van der Waals surface area contributed by atoms with Gasteiger partial charge in [-0.1, -0.05) is 0 Å². The molecule has 0 aliphatic carbocycles. The second-order valence-electron chi connectivity index (χ2n) is 2.19. The Morgan fingerprint density at radius 3 is 1.80 bits per heavy atom. The topological polar surface area (TPSA) is 4.93 Å². The number of hydrogen-bond acceptors (Lipinski definition) is 0. The first-order valence-corrected chi connectivity index (χ1v) is 10.4. The molecule has 1 nitrogen and oxygen atoms in total. The fourth-order valence-corrected chi connectivity index (χ4v) is 5.77. The van der Waals surface area contributed by atoms with Crippen LogP contribution in [0, 0.1) is 13.8 Å². The van der Waals surface area contributed by atoms with E-state index in [1.165, 1.54) is 11.4 Å². The summed E-state index contributed by atoms with van der Waals surface area (Å²) in [4.78, 5) is 0. The summed E-state index contributed by atoms with van der Waals surface area (Å²) in [6.45, 7) is 4.05. The Hall–Kier alpha value is 0.743. The van der Waals surface area contributed by atoms with Crippen LogP contribution in [0.5, 0.6) is 0 Å². The maximum absolute atomic E-state index is 5.88. The first-order chi connectivity index (χ1) is 4.63.